The maximum Gasteiger partial charge on any atom is 0.162 e. The van der Waals surface area contributed by atoms with Crippen LogP contribution in [0.1, 0.15) is 53.6 Å². The van der Waals surface area contributed by atoms with Gasteiger partial charge < -0.3 is 9.47 Å². The van der Waals surface area contributed by atoms with Crippen LogP contribution in [0.15, 0.2) is 18.2 Å². The first kappa shape index (κ1) is 12.8. The highest BCUT2D eigenvalue weighted by molar-refractivity contribution is 5.96. The molecule has 0 spiro atoms. The Morgan fingerprint density at radius 2 is 2.16 bits per heavy atom. The molecule has 0 aliphatic carbocycles. The maximum absolute atomic E-state index is 12.1. The second-order valence-corrected chi connectivity index (χ2v) is 5.43. The van der Waals surface area contributed by atoms with Crippen molar-refractivity contribution in [1.29, 1.82) is 0 Å². The summed E-state index contributed by atoms with van der Waals surface area (Å²) in [7, 11) is 0. The summed E-state index contributed by atoms with van der Waals surface area (Å²) < 4.78 is 10.9. The number of ketones is 1. The molecule has 1 atom stereocenters. The molecule has 102 valence electrons. The minimum atomic E-state index is 0.243. The zero-order valence-corrected chi connectivity index (χ0v) is 11.2. The fraction of sp³-hybridized carbons (Fsp3) is 0.562. The molecule has 0 saturated carbocycles. The third kappa shape index (κ3) is 3.04. The number of carbonyl (C=O) groups is 1. The molecule has 19 heavy (non-hydrogen) atoms. The smallest absolute Gasteiger partial charge is 0.162 e. The van der Waals surface area contributed by atoms with Crippen molar-refractivity contribution in [2.24, 2.45) is 0 Å². The molecule has 1 aromatic rings. The number of hydrogen-bond acceptors (Lipinski definition) is 3. The van der Waals surface area contributed by atoms with Crippen molar-refractivity contribution in [2.75, 3.05) is 6.61 Å². The monoisotopic (exact) mass is 260 g/mol. The van der Waals surface area contributed by atoms with Crippen LogP contribution in [0.2, 0.25) is 0 Å². The molecule has 3 heteroatoms. The molecule has 1 fully saturated rings. The van der Waals surface area contributed by atoms with Crippen LogP contribution in [0.25, 0.3) is 0 Å². The summed E-state index contributed by atoms with van der Waals surface area (Å²) in [5.74, 6) is 0.243. The highest BCUT2D eigenvalue weighted by atomic mass is 16.5. The van der Waals surface area contributed by atoms with Crippen molar-refractivity contribution in [3.05, 3.63) is 34.9 Å². The predicted molar refractivity (Wildman–Crippen MR) is 72.1 cm³/mol. The largest absolute Gasteiger partial charge is 0.378 e. The van der Waals surface area contributed by atoms with Crippen molar-refractivity contribution >= 4 is 5.78 Å². The number of hydrogen-bond donors (Lipinski definition) is 0. The summed E-state index contributed by atoms with van der Waals surface area (Å²) in [6, 6.07) is 5.95. The molecule has 0 bridgehead atoms. The highest BCUT2D eigenvalue weighted by Crippen LogP contribution is 2.22. The number of benzene rings is 1. The maximum atomic E-state index is 12.1. The van der Waals surface area contributed by atoms with Crippen LogP contribution in [0.3, 0.4) is 0 Å². The molecule has 1 unspecified atom stereocenters. The van der Waals surface area contributed by atoms with Gasteiger partial charge in [0, 0.05) is 18.6 Å². The summed E-state index contributed by atoms with van der Waals surface area (Å²) >= 11 is 0. The highest BCUT2D eigenvalue weighted by Gasteiger charge is 2.17. The number of fused-ring (bicyclic) bond motifs is 1. The molecule has 1 aromatic carbocycles. The van der Waals surface area contributed by atoms with Gasteiger partial charge in [-0.15, -0.1) is 0 Å². The van der Waals surface area contributed by atoms with E-state index < -0.39 is 0 Å². The second-order valence-electron chi connectivity index (χ2n) is 5.43. The number of ether oxygens (including phenoxy) is 2. The van der Waals surface area contributed by atoms with Crippen molar-refractivity contribution in [1.82, 2.24) is 0 Å². The summed E-state index contributed by atoms with van der Waals surface area (Å²) in [5.41, 5.74) is 3.22. The van der Waals surface area contributed by atoms with E-state index in [4.69, 9.17) is 9.47 Å². The number of Topliss-reactive ketones (excluding diaryl/α,β-unsaturated/α-hetero) is 1. The van der Waals surface area contributed by atoms with E-state index in [0.717, 1.165) is 31.4 Å². The van der Waals surface area contributed by atoms with Gasteiger partial charge in [0.1, 0.15) is 0 Å². The van der Waals surface area contributed by atoms with E-state index >= 15 is 0 Å². The zero-order valence-electron chi connectivity index (χ0n) is 11.2. The molecular formula is C16H20O3. The summed E-state index contributed by atoms with van der Waals surface area (Å²) in [6.45, 7) is 2.22. The first-order chi connectivity index (χ1) is 9.33. The molecule has 2 aliphatic rings. The Labute approximate surface area is 113 Å². The van der Waals surface area contributed by atoms with Crippen molar-refractivity contribution in [2.45, 2.75) is 51.4 Å². The van der Waals surface area contributed by atoms with Gasteiger partial charge in [-0.1, -0.05) is 12.1 Å². The van der Waals surface area contributed by atoms with Crippen LogP contribution in [0, 0.1) is 0 Å². The quantitative estimate of drug-likeness (QED) is 0.762. The Balaban J connectivity index is 1.52. The summed E-state index contributed by atoms with van der Waals surface area (Å²) in [4.78, 5) is 12.1. The van der Waals surface area contributed by atoms with Gasteiger partial charge in [-0.3, -0.25) is 4.79 Å². The third-order valence-corrected chi connectivity index (χ3v) is 4.00. The molecule has 1 saturated heterocycles. The van der Waals surface area contributed by atoms with Gasteiger partial charge >= 0.3 is 0 Å². The predicted octanol–water partition coefficient (Wildman–Crippen LogP) is 3.25. The van der Waals surface area contributed by atoms with Crippen LogP contribution >= 0.6 is 0 Å². The Kier molecular flexibility index (Phi) is 3.95. The van der Waals surface area contributed by atoms with Crippen LogP contribution in [-0.4, -0.2) is 18.5 Å². The molecular weight excluding hydrogens is 240 g/mol. The molecule has 3 rings (SSSR count). The number of rotatable bonds is 5. The van der Waals surface area contributed by atoms with E-state index in [2.05, 4.69) is 0 Å². The van der Waals surface area contributed by atoms with Crippen LogP contribution in [0.4, 0.5) is 0 Å². The van der Waals surface area contributed by atoms with Gasteiger partial charge in [-0.25, -0.2) is 0 Å². The fourth-order valence-electron chi connectivity index (χ4n) is 2.85. The first-order valence-corrected chi connectivity index (χ1v) is 7.17. The minimum Gasteiger partial charge on any atom is -0.378 e. The molecule has 0 aromatic heterocycles. The third-order valence-electron chi connectivity index (χ3n) is 4.00. The van der Waals surface area contributed by atoms with E-state index in [9.17, 15) is 4.79 Å². The lowest BCUT2D eigenvalue weighted by Gasteiger charge is -2.08. The van der Waals surface area contributed by atoms with E-state index in [-0.39, 0.29) is 5.78 Å². The van der Waals surface area contributed by atoms with E-state index in [1.54, 1.807) is 0 Å². The normalized spacial score (nSPS) is 21.6. The molecule has 2 heterocycles. The molecule has 0 amide bonds. The van der Waals surface area contributed by atoms with Crippen LogP contribution in [-0.2, 0) is 22.7 Å². The second kappa shape index (κ2) is 5.85. The van der Waals surface area contributed by atoms with Crippen molar-refractivity contribution < 1.29 is 14.3 Å². The van der Waals surface area contributed by atoms with Gasteiger partial charge in [0.2, 0.25) is 0 Å². The lowest BCUT2D eigenvalue weighted by molar-refractivity contribution is 0.0922. The van der Waals surface area contributed by atoms with Gasteiger partial charge in [-0.05, 0) is 42.9 Å². The van der Waals surface area contributed by atoms with Crippen LogP contribution < -0.4 is 0 Å². The average molecular weight is 260 g/mol. The first-order valence-electron chi connectivity index (χ1n) is 7.17. The molecule has 0 radical (unpaired) electrons. The topological polar surface area (TPSA) is 35.5 Å². The Hall–Kier alpha value is -1.19. The van der Waals surface area contributed by atoms with Gasteiger partial charge in [-0.2, -0.15) is 0 Å². The van der Waals surface area contributed by atoms with Gasteiger partial charge in [0.25, 0.3) is 0 Å². The minimum absolute atomic E-state index is 0.243. The summed E-state index contributed by atoms with van der Waals surface area (Å²) in [6.07, 6.45) is 5.28. The fourth-order valence-corrected chi connectivity index (χ4v) is 2.85. The number of carbonyl (C=O) groups excluding carboxylic acids is 1. The average Bonchev–Trinajstić information content (AvgIpc) is 3.08. The standard InChI is InChI=1S/C16H20O3/c17-16(5-1-3-15-4-2-8-19-15)12-6-7-13-10-18-11-14(13)9-12/h6-7,9,15H,1-5,8,10-11H2. The van der Waals surface area contributed by atoms with E-state index in [1.807, 2.05) is 18.2 Å². The van der Waals surface area contributed by atoms with Crippen molar-refractivity contribution in [3.8, 4) is 0 Å². The van der Waals surface area contributed by atoms with Crippen molar-refractivity contribution in [3.63, 3.8) is 0 Å². The lowest BCUT2D eigenvalue weighted by atomic mass is 9.99. The molecule has 2 aliphatic heterocycles. The lowest BCUT2D eigenvalue weighted by Crippen LogP contribution is -2.06. The SMILES string of the molecule is O=C(CCCC1CCCO1)c1ccc2c(c1)COC2. The Morgan fingerprint density at radius 1 is 1.26 bits per heavy atom. The Morgan fingerprint density at radius 3 is 3.00 bits per heavy atom. The van der Waals surface area contributed by atoms with Gasteiger partial charge in [0.05, 0.1) is 19.3 Å². The van der Waals surface area contributed by atoms with E-state index in [0.29, 0.717) is 25.7 Å². The summed E-state index contributed by atoms with van der Waals surface area (Å²) in [5, 5.41) is 0. The van der Waals surface area contributed by atoms with E-state index in [1.165, 1.54) is 17.5 Å². The zero-order chi connectivity index (χ0) is 13.1. The van der Waals surface area contributed by atoms with Gasteiger partial charge in [0.15, 0.2) is 5.78 Å². The molecule has 3 nitrogen and oxygen atoms in total. The Bertz CT molecular complexity index is 461. The van der Waals surface area contributed by atoms with Crippen LogP contribution in [0.5, 0.6) is 0 Å². The molecule has 0 N–H and O–H groups in total.